The SMILES string of the molecule is C=C(C)C(=O)OCCCCCCOC(=O)C=Cc1ccc(OC[C@H]2CC[C@H](CCCCC)CC2)c(OC)c1. The van der Waals surface area contributed by atoms with E-state index < -0.39 is 0 Å². The van der Waals surface area contributed by atoms with Crippen molar-refractivity contribution in [3.63, 3.8) is 0 Å². The van der Waals surface area contributed by atoms with E-state index in [1.807, 2.05) is 18.2 Å². The van der Waals surface area contributed by atoms with E-state index in [9.17, 15) is 9.59 Å². The van der Waals surface area contributed by atoms with Gasteiger partial charge in [0.25, 0.3) is 0 Å². The quantitative estimate of drug-likeness (QED) is 0.110. The van der Waals surface area contributed by atoms with Gasteiger partial charge < -0.3 is 18.9 Å². The third kappa shape index (κ3) is 12.7. The molecule has 0 atom stereocenters. The van der Waals surface area contributed by atoms with Crippen molar-refractivity contribution in [2.75, 3.05) is 26.9 Å². The maximum absolute atomic E-state index is 12.1. The van der Waals surface area contributed by atoms with Crippen LogP contribution in [0.2, 0.25) is 0 Å². The highest BCUT2D eigenvalue weighted by Gasteiger charge is 2.21. The first-order valence-corrected chi connectivity index (χ1v) is 14.4. The van der Waals surface area contributed by atoms with E-state index in [0.29, 0.717) is 30.5 Å². The highest BCUT2D eigenvalue weighted by molar-refractivity contribution is 5.87. The van der Waals surface area contributed by atoms with Crippen LogP contribution in [0.5, 0.6) is 11.5 Å². The fourth-order valence-corrected chi connectivity index (χ4v) is 4.72. The van der Waals surface area contributed by atoms with E-state index in [2.05, 4.69) is 13.5 Å². The molecule has 0 aromatic heterocycles. The molecule has 6 heteroatoms. The molecular formula is C32H48O6. The molecule has 1 saturated carbocycles. The molecule has 1 aromatic carbocycles. The molecule has 0 bridgehead atoms. The first kappa shape index (κ1) is 31.5. The maximum Gasteiger partial charge on any atom is 0.333 e. The summed E-state index contributed by atoms with van der Waals surface area (Å²) < 4.78 is 22.0. The molecule has 1 aliphatic rings. The molecule has 38 heavy (non-hydrogen) atoms. The molecule has 0 heterocycles. The lowest BCUT2D eigenvalue weighted by Gasteiger charge is -2.28. The second-order valence-electron chi connectivity index (χ2n) is 10.4. The largest absolute Gasteiger partial charge is 0.493 e. The van der Waals surface area contributed by atoms with Crippen molar-refractivity contribution in [1.82, 2.24) is 0 Å². The van der Waals surface area contributed by atoms with Crippen LogP contribution in [0.25, 0.3) is 6.08 Å². The van der Waals surface area contributed by atoms with Crippen LogP contribution < -0.4 is 9.47 Å². The number of hydrogen-bond acceptors (Lipinski definition) is 6. The van der Waals surface area contributed by atoms with Crippen molar-refractivity contribution in [2.24, 2.45) is 11.8 Å². The smallest absolute Gasteiger partial charge is 0.333 e. The van der Waals surface area contributed by atoms with Crippen molar-refractivity contribution < 1.29 is 28.5 Å². The second-order valence-corrected chi connectivity index (χ2v) is 10.4. The summed E-state index contributed by atoms with van der Waals surface area (Å²) in [6.07, 6.45) is 17.1. The third-order valence-corrected chi connectivity index (χ3v) is 7.12. The van der Waals surface area contributed by atoms with Crippen LogP contribution in [0, 0.1) is 11.8 Å². The monoisotopic (exact) mass is 528 g/mol. The Bertz CT molecular complexity index is 882. The van der Waals surface area contributed by atoms with Crippen molar-refractivity contribution in [1.29, 1.82) is 0 Å². The van der Waals surface area contributed by atoms with Crippen LogP contribution in [-0.2, 0) is 19.1 Å². The average Bonchev–Trinajstić information content (AvgIpc) is 2.93. The molecule has 0 amide bonds. The Morgan fingerprint density at radius 1 is 0.921 bits per heavy atom. The highest BCUT2D eigenvalue weighted by atomic mass is 16.5. The molecule has 1 fully saturated rings. The molecule has 0 N–H and O–H groups in total. The number of carbonyl (C=O) groups excluding carboxylic acids is 2. The van der Waals surface area contributed by atoms with E-state index >= 15 is 0 Å². The summed E-state index contributed by atoms with van der Waals surface area (Å²) in [5.41, 5.74) is 1.26. The third-order valence-electron chi connectivity index (χ3n) is 7.12. The summed E-state index contributed by atoms with van der Waals surface area (Å²) in [7, 11) is 1.63. The van der Waals surface area contributed by atoms with Gasteiger partial charge in [-0.1, -0.05) is 58.1 Å². The number of carbonyl (C=O) groups is 2. The van der Waals surface area contributed by atoms with Gasteiger partial charge in [0.1, 0.15) is 0 Å². The molecule has 2 rings (SSSR count). The molecule has 0 spiro atoms. The Kier molecular flexibility index (Phi) is 15.3. The van der Waals surface area contributed by atoms with Gasteiger partial charge in [-0.25, -0.2) is 9.59 Å². The van der Waals surface area contributed by atoms with Crippen molar-refractivity contribution in [3.05, 3.63) is 42.0 Å². The van der Waals surface area contributed by atoms with Gasteiger partial charge in [0.2, 0.25) is 0 Å². The number of esters is 2. The number of benzene rings is 1. The number of ether oxygens (including phenoxy) is 4. The molecule has 0 radical (unpaired) electrons. The molecule has 1 aromatic rings. The van der Waals surface area contributed by atoms with Crippen LogP contribution in [0.4, 0.5) is 0 Å². The zero-order chi connectivity index (χ0) is 27.6. The fourth-order valence-electron chi connectivity index (χ4n) is 4.72. The van der Waals surface area contributed by atoms with Gasteiger partial charge in [-0.2, -0.15) is 0 Å². The lowest BCUT2D eigenvalue weighted by atomic mass is 9.80. The van der Waals surface area contributed by atoms with Gasteiger partial charge >= 0.3 is 11.9 Å². The summed E-state index contributed by atoms with van der Waals surface area (Å²) in [6.45, 7) is 8.93. The molecule has 0 aliphatic heterocycles. The van der Waals surface area contributed by atoms with Crippen LogP contribution in [0.15, 0.2) is 36.4 Å². The van der Waals surface area contributed by atoms with E-state index in [1.54, 1.807) is 20.1 Å². The Morgan fingerprint density at radius 3 is 2.26 bits per heavy atom. The molecule has 1 aliphatic carbocycles. The molecule has 212 valence electrons. The van der Waals surface area contributed by atoms with Gasteiger partial charge in [0, 0.05) is 11.6 Å². The summed E-state index contributed by atoms with van der Waals surface area (Å²) in [5.74, 6) is 2.20. The number of unbranched alkanes of at least 4 members (excludes halogenated alkanes) is 5. The molecule has 0 saturated heterocycles. The molecule has 6 nitrogen and oxygen atoms in total. The van der Waals surface area contributed by atoms with Crippen LogP contribution >= 0.6 is 0 Å². The number of methoxy groups -OCH3 is 1. The van der Waals surface area contributed by atoms with Gasteiger partial charge in [0.15, 0.2) is 11.5 Å². The normalized spacial score (nSPS) is 17.2. The standard InChI is InChI=1S/C32H48O6/c1-5-6-9-12-26-13-15-28(16-14-26)24-38-29-19-17-27(23-30(29)35-4)18-20-31(33)36-21-10-7-8-11-22-37-32(34)25(2)3/h17-20,23,26,28H,2,5-16,21-22,24H2,1,3-4H3/t26-,28-. The van der Waals surface area contributed by atoms with E-state index in [4.69, 9.17) is 18.9 Å². The molecule has 0 unspecified atom stereocenters. The fraction of sp³-hybridized carbons (Fsp3) is 0.625. The van der Waals surface area contributed by atoms with Crippen LogP contribution in [-0.4, -0.2) is 38.9 Å². The lowest BCUT2D eigenvalue weighted by molar-refractivity contribution is -0.139. The van der Waals surface area contributed by atoms with Gasteiger partial charge in [0.05, 0.1) is 26.9 Å². The van der Waals surface area contributed by atoms with Crippen molar-refractivity contribution in [2.45, 2.75) is 90.9 Å². The predicted octanol–water partition coefficient (Wildman–Crippen LogP) is 7.70. The minimum Gasteiger partial charge on any atom is -0.493 e. The van der Waals surface area contributed by atoms with Crippen molar-refractivity contribution >= 4 is 18.0 Å². The summed E-state index contributed by atoms with van der Waals surface area (Å²) in [5, 5.41) is 0. The topological polar surface area (TPSA) is 71.1 Å². The highest BCUT2D eigenvalue weighted by Crippen LogP contribution is 2.34. The van der Waals surface area contributed by atoms with Crippen molar-refractivity contribution in [3.8, 4) is 11.5 Å². The summed E-state index contributed by atoms with van der Waals surface area (Å²) in [6, 6.07) is 5.71. The van der Waals surface area contributed by atoms with Gasteiger partial charge in [-0.3, -0.25) is 0 Å². The molecular weight excluding hydrogens is 480 g/mol. The average molecular weight is 529 g/mol. The minimum absolute atomic E-state index is 0.351. The Morgan fingerprint density at radius 2 is 1.61 bits per heavy atom. The Labute approximate surface area is 229 Å². The van der Waals surface area contributed by atoms with Crippen LogP contribution in [0.1, 0.15) is 96.5 Å². The van der Waals surface area contributed by atoms with E-state index in [-0.39, 0.29) is 11.9 Å². The van der Waals surface area contributed by atoms with E-state index in [1.165, 1.54) is 57.4 Å². The van der Waals surface area contributed by atoms with Crippen LogP contribution in [0.3, 0.4) is 0 Å². The summed E-state index contributed by atoms with van der Waals surface area (Å²) in [4.78, 5) is 23.4. The first-order chi connectivity index (χ1) is 18.4. The maximum atomic E-state index is 12.1. The van der Waals surface area contributed by atoms with Gasteiger partial charge in [-0.05, 0) is 81.1 Å². The zero-order valence-electron chi connectivity index (χ0n) is 23.8. The Hall–Kier alpha value is -2.76. The predicted molar refractivity (Wildman–Crippen MR) is 152 cm³/mol. The number of hydrogen-bond donors (Lipinski definition) is 0. The Balaban J connectivity index is 1.64. The van der Waals surface area contributed by atoms with Gasteiger partial charge in [-0.15, -0.1) is 0 Å². The summed E-state index contributed by atoms with van der Waals surface area (Å²) >= 11 is 0. The first-order valence-electron chi connectivity index (χ1n) is 14.4. The van der Waals surface area contributed by atoms with E-state index in [0.717, 1.165) is 49.5 Å². The second kappa shape index (κ2) is 18.5. The minimum atomic E-state index is -0.370. The zero-order valence-corrected chi connectivity index (χ0v) is 23.8. The lowest BCUT2D eigenvalue weighted by Crippen LogP contribution is -2.20. The number of rotatable bonds is 18.